The number of rotatable bonds is 6. The lowest BCUT2D eigenvalue weighted by Gasteiger charge is -2.16. The number of benzene rings is 2. The van der Waals surface area contributed by atoms with E-state index in [0.717, 1.165) is 39.1 Å². The predicted octanol–water partition coefficient (Wildman–Crippen LogP) is 3.71. The number of amides is 1. The van der Waals surface area contributed by atoms with Crippen LogP contribution in [0.2, 0.25) is 0 Å². The normalized spacial score (nSPS) is 12.9. The SMILES string of the molecule is Cc1nc2c3ccccc3nn2c(C)c1CCC(=O)NC(C)c1ccc(S(C)(=O)=O)cc1. The Labute approximate surface area is 187 Å². The summed E-state index contributed by atoms with van der Waals surface area (Å²) in [7, 11) is -3.24. The number of hydrogen-bond donors (Lipinski definition) is 1. The molecule has 0 radical (unpaired) electrons. The van der Waals surface area contributed by atoms with Crippen LogP contribution in [0.4, 0.5) is 0 Å². The second-order valence-corrected chi connectivity index (χ2v) is 10.2. The number of aromatic nitrogens is 3. The number of nitrogens with zero attached hydrogens (tertiary/aromatic N) is 3. The number of carbonyl (C=O) groups is 1. The monoisotopic (exact) mass is 450 g/mol. The molecule has 166 valence electrons. The molecule has 0 saturated heterocycles. The van der Waals surface area contributed by atoms with Crippen LogP contribution in [0.25, 0.3) is 16.6 Å². The number of fused-ring (bicyclic) bond motifs is 3. The number of sulfone groups is 1. The van der Waals surface area contributed by atoms with Gasteiger partial charge in [-0.2, -0.15) is 5.10 Å². The van der Waals surface area contributed by atoms with Gasteiger partial charge < -0.3 is 5.32 Å². The van der Waals surface area contributed by atoms with Gasteiger partial charge in [-0.3, -0.25) is 4.79 Å². The molecule has 2 aromatic carbocycles. The summed E-state index contributed by atoms with van der Waals surface area (Å²) in [5.74, 6) is -0.0748. The van der Waals surface area contributed by atoms with E-state index in [2.05, 4.69) is 10.4 Å². The van der Waals surface area contributed by atoms with Crippen molar-refractivity contribution < 1.29 is 13.2 Å². The molecule has 2 aromatic heterocycles. The van der Waals surface area contributed by atoms with Crippen LogP contribution in [-0.2, 0) is 21.1 Å². The molecule has 1 N–H and O–H groups in total. The Kier molecular flexibility index (Phi) is 5.73. The molecule has 1 amide bonds. The molecule has 0 aliphatic heterocycles. The van der Waals surface area contributed by atoms with Crippen LogP contribution in [0.15, 0.2) is 53.4 Å². The zero-order chi connectivity index (χ0) is 23.0. The molecule has 4 aromatic rings. The van der Waals surface area contributed by atoms with E-state index in [1.54, 1.807) is 24.3 Å². The van der Waals surface area contributed by atoms with Gasteiger partial charge in [-0.1, -0.05) is 24.3 Å². The summed E-state index contributed by atoms with van der Waals surface area (Å²) < 4.78 is 25.1. The average Bonchev–Trinajstić information content (AvgIpc) is 3.12. The maximum absolute atomic E-state index is 12.6. The molecule has 7 nitrogen and oxygen atoms in total. The molecule has 8 heteroatoms. The Bertz CT molecular complexity index is 1420. The number of nitrogens with one attached hydrogen (secondary N) is 1. The van der Waals surface area contributed by atoms with Crippen LogP contribution in [0, 0.1) is 13.8 Å². The molecule has 0 bridgehead atoms. The highest BCUT2D eigenvalue weighted by atomic mass is 32.2. The van der Waals surface area contributed by atoms with Crippen LogP contribution in [0.3, 0.4) is 0 Å². The van der Waals surface area contributed by atoms with Crippen molar-refractivity contribution in [3.8, 4) is 0 Å². The topological polar surface area (TPSA) is 93.4 Å². The van der Waals surface area contributed by atoms with Crippen molar-refractivity contribution in [2.75, 3.05) is 6.26 Å². The number of carbonyl (C=O) groups excluding carboxylic acids is 1. The molecule has 0 saturated carbocycles. The van der Waals surface area contributed by atoms with Crippen molar-refractivity contribution in [1.29, 1.82) is 0 Å². The Hall–Kier alpha value is -3.26. The molecule has 4 rings (SSSR count). The minimum absolute atomic E-state index is 0.0748. The minimum Gasteiger partial charge on any atom is -0.350 e. The van der Waals surface area contributed by atoms with Crippen LogP contribution < -0.4 is 5.32 Å². The molecule has 0 fully saturated rings. The standard InChI is InChI=1S/C24H26N4O3S/c1-15(18-9-11-19(12-10-18)32(4,30)31)25-23(29)14-13-20-16(2)26-24-21-7-5-6-8-22(21)27-28(24)17(20)3/h5-12,15H,13-14H2,1-4H3,(H,25,29). The van der Waals surface area contributed by atoms with Gasteiger partial charge in [0.1, 0.15) is 0 Å². The fourth-order valence-corrected chi connectivity index (χ4v) is 4.61. The molecule has 0 aliphatic carbocycles. The molecular weight excluding hydrogens is 424 g/mol. The largest absolute Gasteiger partial charge is 0.350 e. The second-order valence-electron chi connectivity index (χ2n) is 8.14. The van der Waals surface area contributed by atoms with Gasteiger partial charge in [-0.15, -0.1) is 0 Å². The van der Waals surface area contributed by atoms with Gasteiger partial charge in [0.2, 0.25) is 5.91 Å². The Morgan fingerprint density at radius 3 is 2.47 bits per heavy atom. The smallest absolute Gasteiger partial charge is 0.220 e. The van der Waals surface area contributed by atoms with E-state index in [1.165, 1.54) is 6.26 Å². The van der Waals surface area contributed by atoms with Crippen LogP contribution in [-0.4, -0.2) is 35.2 Å². The number of aryl methyl sites for hydroxylation is 2. The first kappa shape index (κ1) is 22.0. The fraction of sp³-hybridized carbons (Fsp3) is 0.292. The fourth-order valence-electron chi connectivity index (χ4n) is 3.98. The third-order valence-corrected chi connectivity index (χ3v) is 6.93. The summed E-state index contributed by atoms with van der Waals surface area (Å²) in [5, 5.41) is 8.67. The van der Waals surface area contributed by atoms with E-state index in [-0.39, 0.29) is 16.8 Å². The van der Waals surface area contributed by atoms with Crippen molar-refractivity contribution in [2.24, 2.45) is 0 Å². The lowest BCUT2D eigenvalue weighted by atomic mass is 10.0. The van der Waals surface area contributed by atoms with Gasteiger partial charge in [-0.25, -0.2) is 17.9 Å². The molecule has 0 aliphatic rings. The molecular formula is C24H26N4O3S. The molecule has 0 spiro atoms. The first-order valence-electron chi connectivity index (χ1n) is 10.5. The zero-order valence-corrected chi connectivity index (χ0v) is 19.4. The summed E-state index contributed by atoms with van der Waals surface area (Å²) in [6.07, 6.45) is 2.05. The summed E-state index contributed by atoms with van der Waals surface area (Å²) in [6, 6.07) is 14.3. The Balaban J connectivity index is 1.47. The van der Waals surface area contributed by atoms with Crippen molar-refractivity contribution in [3.05, 3.63) is 71.0 Å². The summed E-state index contributed by atoms with van der Waals surface area (Å²) in [4.78, 5) is 17.6. The van der Waals surface area contributed by atoms with E-state index in [4.69, 9.17) is 4.98 Å². The van der Waals surface area contributed by atoms with E-state index in [9.17, 15) is 13.2 Å². The summed E-state index contributed by atoms with van der Waals surface area (Å²) in [5.41, 5.74) is 5.48. The van der Waals surface area contributed by atoms with Crippen molar-refractivity contribution >= 4 is 32.3 Å². The lowest BCUT2D eigenvalue weighted by molar-refractivity contribution is -0.121. The highest BCUT2D eigenvalue weighted by Gasteiger charge is 2.16. The molecule has 1 atom stereocenters. The third kappa shape index (κ3) is 4.23. The quantitative estimate of drug-likeness (QED) is 0.483. The highest BCUT2D eigenvalue weighted by molar-refractivity contribution is 7.90. The minimum atomic E-state index is -3.24. The zero-order valence-electron chi connectivity index (χ0n) is 18.6. The van der Waals surface area contributed by atoms with Gasteiger partial charge in [0.25, 0.3) is 0 Å². The molecule has 1 unspecified atom stereocenters. The van der Waals surface area contributed by atoms with Crippen LogP contribution in [0.1, 0.15) is 41.9 Å². The third-order valence-electron chi connectivity index (χ3n) is 5.81. The predicted molar refractivity (Wildman–Crippen MR) is 124 cm³/mol. The lowest BCUT2D eigenvalue weighted by Crippen LogP contribution is -2.27. The number of hydrogen-bond acceptors (Lipinski definition) is 5. The van der Waals surface area contributed by atoms with Gasteiger partial charge in [0.05, 0.1) is 16.5 Å². The maximum atomic E-state index is 12.6. The van der Waals surface area contributed by atoms with E-state index in [0.29, 0.717) is 12.8 Å². The average molecular weight is 451 g/mol. The highest BCUT2D eigenvalue weighted by Crippen LogP contribution is 2.23. The summed E-state index contributed by atoms with van der Waals surface area (Å²) >= 11 is 0. The van der Waals surface area contributed by atoms with Gasteiger partial charge in [-0.05, 0) is 62.6 Å². The van der Waals surface area contributed by atoms with Crippen molar-refractivity contribution in [2.45, 2.75) is 44.6 Å². The van der Waals surface area contributed by atoms with E-state index >= 15 is 0 Å². The molecule has 2 heterocycles. The Morgan fingerprint density at radius 2 is 1.78 bits per heavy atom. The van der Waals surface area contributed by atoms with Crippen molar-refractivity contribution in [3.63, 3.8) is 0 Å². The van der Waals surface area contributed by atoms with E-state index in [1.807, 2.05) is 49.6 Å². The first-order chi connectivity index (χ1) is 15.1. The van der Waals surface area contributed by atoms with Gasteiger partial charge >= 0.3 is 0 Å². The van der Waals surface area contributed by atoms with E-state index < -0.39 is 9.84 Å². The molecule has 32 heavy (non-hydrogen) atoms. The second kappa shape index (κ2) is 8.35. The maximum Gasteiger partial charge on any atom is 0.220 e. The van der Waals surface area contributed by atoms with Crippen LogP contribution >= 0.6 is 0 Å². The van der Waals surface area contributed by atoms with Gasteiger partial charge in [0.15, 0.2) is 15.5 Å². The van der Waals surface area contributed by atoms with Crippen molar-refractivity contribution in [1.82, 2.24) is 19.9 Å². The summed E-state index contributed by atoms with van der Waals surface area (Å²) in [6.45, 7) is 5.85. The Morgan fingerprint density at radius 1 is 1.09 bits per heavy atom. The van der Waals surface area contributed by atoms with Crippen LogP contribution in [0.5, 0.6) is 0 Å². The van der Waals surface area contributed by atoms with Gasteiger partial charge in [0, 0.05) is 29.5 Å². The first-order valence-corrected chi connectivity index (χ1v) is 12.4.